The number of benzene rings is 1. The van der Waals surface area contributed by atoms with Crippen LogP contribution in [0.5, 0.6) is 0 Å². The van der Waals surface area contributed by atoms with Gasteiger partial charge >= 0.3 is 6.03 Å². The highest BCUT2D eigenvalue weighted by atomic mass is 16.2. The van der Waals surface area contributed by atoms with Gasteiger partial charge in [-0.1, -0.05) is 30.3 Å². The normalized spacial score (nSPS) is 21.2. The maximum absolute atomic E-state index is 12.6. The predicted molar refractivity (Wildman–Crippen MR) is 92.5 cm³/mol. The van der Waals surface area contributed by atoms with Crippen molar-refractivity contribution in [3.63, 3.8) is 0 Å². The summed E-state index contributed by atoms with van der Waals surface area (Å²) < 4.78 is 0. The Bertz CT molecular complexity index is 578. The zero-order valence-electron chi connectivity index (χ0n) is 14.3. The lowest BCUT2D eigenvalue weighted by atomic mass is 10.0. The number of nitrogens with one attached hydrogen (secondary N) is 1. The molecule has 0 bridgehead atoms. The number of likely N-dealkylation sites (N-methyl/N-ethyl adjacent to an activating group) is 1. The average Bonchev–Trinajstić information content (AvgIpc) is 3.02. The second kappa shape index (κ2) is 7.66. The molecule has 2 aliphatic heterocycles. The highest BCUT2D eigenvalue weighted by molar-refractivity contribution is 5.79. The Balaban J connectivity index is 1.51. The first-order chi connectivity index (χ1) is 11.6. The molecule has 3 rings (SSSR count). The molecule has 0 radical (unpaired) electrons. The van der Waals surface area contributed by atoms with Crippen LogP contribution in [0.15, 0.2) is 30.3 Å². The zero-order chi connectivity index (χ0) is 16.9. The maximum Gasteiger partial charge on any atom is 0.317 e. The Kier molecular flexibility index (Phi) is 5.35. The van der Waals surface area contributed by atoms with E-state index >= 15 is 0 Å². The number of carbonyl (C=O) groups excluding carboxylic acids is 2. The first kappa shape index (κ1) is 16.8. The lowest BCUT2D eigenvalue weighted by Gasteiger charge is -2.37. The molecule has 0 aliphatic carbocycles. The van der Waals surface area contributed by atoms with Crippen LogP contribution in [-0.2, 0) is 11.3 Å². The van der Waals surface area contributed by atoms with Gasteiger partial charge in [0.15, 0.2) is 0 Å². The summed E-state index contributed by atoms with van der Waals surface area (Å²) in [6.07, 6.45) is 1.94. The molecule has 2 saturated heterocycles. The van der Waals surface area contributed by atoms with E-state index in [9.17, 15) is 9.59 Å². The molecule has 2 fully saturated rings. The molecule has 0 aromatic heterocycles. The molecule has 3 amide bonds. The van der Waals surface area contributed by atoms with Crippen LogP contribution in [0, 0.1) is 0 Å². The van der Waals surface area contributed by atoms with Gasteiger partial charge in [-0.25, -0.2) is 4.79 Å². The van der Waals surface area contributed by atoms with Crippen LogP contribution in [-0.4, -0.2) is 72.5 Å². The number of rotatable bonds is 5. The minimum Gasteiger partial charge on any atom is -0.340 e. The van der Waals surface area contributed by atoms with Gasteiger partial charge in [-0.15, -0.1) is 0 Å². The summed E-state index contributed by atoms with van der Waals surface area (Å²) in [5.41, 5.74) is 1.21. The molecule has 1 aromatic carbocycles. The van der Waals surface area contributed by atoms with E-state index in [4.69, 9.17) is 0 Å². The van der Waals surface area contributed by atoms with Crippen LogP contribution in [0.4, 0.5) is 4.79 Å². The molecule has 1 unspecified atom stereocenters. The van der Waals surface area contributed by atoms with Gasteiger partial charge in [0, 0.05) is 32.7 Å². The predicted octanol–water partition coefficient (Wildman–Crippen LogP) is 1.13. The third kappa shape index (κ3) is 4.06. The van der Waals surface area contributed by atoms with Gasteiger partial charge in [0.1, 0.15) is 0 Å². The van der Waals surface area contributed by atoms with E-state index in [0.717, 1.165) is 32.5 Å². The molecule has 1 aromatic rings. The van der Waals surface area contributed by atoms with Crippen molar-refractivity contribution in [3.8, 4) is 0 Å². The average molecular weight is 330 g/mol. The lowest BCUT2D eigenvalue weighted by Crippen LogP contribution is -2.52. The van der Waals surface area contributed by atoms with E-state index in [-0.39, 0.29) is 18.0 Å². The molecule has 24 heavy (non-hydrogen) atoms. The number of piperidine rings is 1. The van der Waals surface area contributed by atoms with E-state index in [1.807, 2.05) is 39.9 Å². The van der Waals surface area contributed by atoms with Crippen LogP contribution in [0.3, 0.4) is 0 Å². The van der Waals surface area contributed by atoms with Crippen molar-refractivity contribution < 1.29 is 9.59 Å². The Labute approximate surface area is 143 Å². The highest BCUT2D eigenvalue weighted by Gasteiger charge is 2.32. The number of urea groups is 1. The Morgan fingerprint density at radius 1 is 1.29 bits per heavy atom. The monoisotopic (exact) mass is 330 g/mol. The molecule has 130 valence electrons. The Hall–Kier alpha value is -2.08. The number of nitrogens with zero attached hydrogens (tertiary/aromatic N) is 3. The second-order valence-electron chi connectivity index (χ2n) is 6.72. The first-order valence-electron chi connectivity index (χ1n) is 8.68. The molecular formula is C18H26N4O2. The fourth-order valence-electron chi connectivity index (χ4n) is 3.55. The van der Waals surface area contributed by atoms with Crippen LogP contribution in [0.25, 0.3) is 0 Å². The van der Waals surface area contributed by atoms with Gasteiger partial charge in [0.25, 0.3) is 0 Å². The fraction of sp³-hybridized carbons (Fsp3) is 0.556. The Morgan fingerprint density at radius 2 is 2.08 bits per heavy atom. The van der Waals surface area contributed by atoms with Crippen LogP contribution >= 0.6 is 0 Å². The van der Waals surface area contributed by atoms with E-state index < -0.39 is 0 Å². The van der Waals surface area contributed by atoms with Crippen molar-refractivity contribution in [1.29, 1.82) is 0 Å². The summed E-state index contributed by atoms with van der Waals surface area (Å²) in [7, 11) is 1.97. The van der Waals surface area contributed by atoms with E-state index in [1.165, 1.54) is 5.56 Å². The topological polar surface area (TPSA) is 55.9 Å². The number of hydrogen-bond acceptors (Lipinski definition) is 3. The summed E-state index contributed by atoms with van der Waals surface area (Å²) in [6.45, 7) is 4.09. The first-order valence-corrected chi connectivity index (χ1v) is 8.68. The molecule has 6 nitrogen and oxygen atoms in total. The summed E-state index contributed by atoms with van der Waals surface area (Å²) in [5.74, 6) is 0.151. The van der Waals surface area contributed by atoms with Crippen LogP contribution < -0.4 is 5.32 Å². The molecule has 6 heteroatoms. The van der Waals surface area contributed by atoms with Crippen molar-refractivity contribution >= 4 is 11.9 Å². The van der Waals surface area contributed by atoms with Crippen LogP contribution in [0.1, 0.15) is 18.4 Å². The van der Waals surface area contributed by atoms with Crippen molar-refractivity contribution in [3.05, 3.63) is 35.9 Å². The summed E-state index contributed by atoms with van der Waals surface area (Å²) in [4.78, 5) is 30.3. The van der Waals surface area contributed by atoms with Gasteiger partial charge < -0.3 is 15.1 Å². The fourth-order valence-corrected chi connectivity index (χ4v) is 3.55. The molecule has 1 N–H and O–H groups in total. The van der Waals surface area contributed by atoms with E-state index in [2.05, 4.69) is 17.4 Å². The SMILES string of the molecule is CN(CC(=O)N1CCCC(N2CCNC2=O)C1)Cc1ccccc1. The van der Waals surface area contributed by atoms with Crippen molar-refractivity contribution in [2.45, 2.75) is 25.4 Å². The largest absolute Gasteiger partial charge is 0.340 e. The van der Waals surface area contributed by atoms with E-state index in [0.29, 0.717) is 19.6 Å². The molecule has 2 aliphatic rings. The van der Waals surface area contributed by atoms with Crippen molar-refractivity contribution in [2.75, 3.05) is 39.8 Å². The van der Waals surface area contributed by atoms with Gasteiger partial charge in [0.2, 0.25) is 5.91 Å². The van der Waals surface area contributed by atoms with Crippen molar-refractivity contribution in [1.82, 2.24) is 20.0 Å². The minimum atomic E-state index is 0.00972. The Morgan fingerprint density at radius 3 is 2.79 bits per heavy atom. The summed E-state index contributed by atoms with van der Waals surface area (Å²) in [5, 5.41) is 2.85. The van der Waals surface area contributed by atoms with Gasteiger partial charge in [-0.05, 0) is 25.5 Å². The standard InChI is InChI=1S/C18H26N4O2/c1-20(12-15-6-3-2-4-7-15)14-17(23)21-10-5-8-16(13-21)22-11-9-19-18(22)24/h2-4,6-7,16H,5,8-14H2,1H3,(H,19,24). The summed E-state index contributed by atoms with van der Waals surface area (Å²) in [6, 6.07) is 10.3. The zero-order valence-corrected chi connectivity index (χ0v) is 14.3. The molecule has 1 atom stereocenters. The number of carbonyl (C=O) groups is 2. The van der Waals surface area contributed by atoms with Crippen molar-refractivity contribution in [2.24, 2.45) is 0 Å². The highest BCUT2D eigenvalue weighted by Crippen LogP contribution is 2.18. The second-order valence-corrected chi connectivity index (χ2v) is 6.72. The molecule has 0 spiro atoms. The van der Waals surface area contributed by atoms with Gasteiger partial charge in [-0.2, -0.15) is 0 Å². The third-order valence-electron chi connectivity index (χ3n) is 4.78. The minimum absolute atomic E-state index is 0.00972. The van der Waals surface area contributed by atoms with Gasteiger partial charge in [0.05, 0.1) is 12.6 Å². The lowest BCUT2D eigenvalue weighted by molar-refractivity contribution is -0.134. The van der Waals surface area contributed by atoms with Crippen LogP contribution in [0.2, 0.25) is 0 Å². The summed E-state index contributed by atoms with van der Waals surface area (Å²) >= 11 is 0. The van der Waals surface area contributed by atoms with Gasteiger partial charge in [-0.3, -0.25) is 9.69 Å². The quantitative estimate of drug-likeness (QED) is 0.881. The van der Waals surface area contributed by atoms with E-state index in [1.54, 1.807) is 0 Å². The third-order valence-corrected chi connectivity index (χ3v) is 4.78. The smallest absolute Gasteiger partial charge is 0.317 e. The molecular weight excluding hydrogens is 304 g/mol. The number of likely N-dealkylation sites (tertiary alicyclic amines) is 1. The molecule has 2 heterocycles. The molecule has 0 saturated carbocycles. The maximum atomic E-state index is 12.6. The number of hydrogen-bond donors (Lipinski definition) is 1. The number of amides is 3.